The van der Waals surface area contributed by atoms with Crippen LogP contribution in [0.1, 0.15) is 34.9 Å². The summed E-state index contributed by atoms with van der Waals surface area (Å²) in [4.78, 5) is 15.6. The molecule has 0 amide bonds. The van der Waals surface area contributed by atoms with E-state index < -0.39 is 5.97 Å². The summed E-state index contributed by atoms with van der Waals surface area (Å²) in [5.74, 6) is 0.450. The maximum atomic E-state index is 11.0. The van der Waals surface area contributed by atoms with E-state index in [4.69, 9.17) is 5.11 Å². The molecule has 3 heterocycles. The van der Waals surface area contributed by atoms with Gasteiger partial charge in [0.1, 0.15) is 10.4 Å². The highest BCUT2D eigenvalue weighted by molar-refractivity contribution is 9.10. The predicted octanol–water partition coefficient (Wildman–Crippen LogP) is 2.26. The van der Waals surface area contributed by atoms with E-state index in [-0.39, 0.29) is 5.56 Å². The molecule has 0 bridgehead atoms. The van der Waals surface area contributed by atoms with Crippen LogP contribution in [0.25, 0.3) is 5.52 Å². The fourth-order valence-electron chi connectivity index (χ4n) is 2.56. The van der Waals surface area contributed by atoms with Gasteiger partial charge < -0.3 is 14.8 Å². The van der Waals surface area contributed by atoms with Crippen molar-refractivity contribution in [1.82, 2.24) is 14.7 Å². The maximum Gasteiger partial charge on any atom is 0.335 e. The van der Waals surface area contributed by atoms with E-state index in [9.17, 15) is 4.79 Å². The molecule has 2 N–H and O–H groups in total. The van der Waals surface area contributed by atoms with Gasteiger partial charge in [-0.3, -0.25) is 0 Å². The smallest absolute Gasteiger partial charge is 0.335 e. The monoisotopic (exact) mass is 323 g/mol. The van der Waals surface area contributed by atoms with Crippen LogP contribution in [-0.2, 0) is 0 Å². The second-order valence-corrected chi connectivity index (χ2v) is 5.53. The van der Waals surface area contributed by atoms with Crippen molar-refractivity contribution in [3.8, 4) is 0 Å². The number of hydrogen-bond acceptors (Lipinski definition) is 3. The number of pyridine rings is 1. The number of halogens is 1. The fourth-order valence-corrected chi connectivity index (χ4v) is 3.05. The Morgan fingerprint density at radius 1 is 1.58 bits per heavy atom. The third-order valence-electron chi connectivity index (χ3n) is 3.53. The van der Waals surface area contributed by atoms with Crippen LogP contribution in [0, 0.1) is 0 Å². The summed E-state index contributed by atoms with van der Waals surface area (Å²) in [7, 11) is 0. The molecule has 2 aromatic rings. The Bertz CT molecular complexity index is 632. The number of nitrogens with zero attached hydrogens (tertiary/aromatic N) is 2. The minimum atomic E-state index is -0.920. The van der Waals surface area contributed by atoms with E-state index in [1.807, 2.05) is 4.40 Å². The number of carboxylic acid groups (broad SMARTS) is 1. The average Bonchev–Trinajstić information content (AvgIpc) is 2.77. The zero-order valence-corrected chi connectivity index (χ0v) is 11.9. The van der Waals surface area contributed by atoms with Crippen molar-refractivity contribution in [3.63, 3.8) is 0 Å². The van der Waals surface area contributed by atoms with Crippen LogP contribution in [-0.4, -0.2) is 33.6 Å². The molecule has 1 unspecified atom stereocenters. The lowest BCUT2D eigenvalue weighted by Crippen LogP contribution is -2.29. The van der Waals surface area contributed by atoms with Crippen molar-refractivity contribution in [2.75, 3.05) is 13.1 Å². The topological polar surface area (TPSA) is 66.6 Å². The Labute approximate surface area is 118 Å². The molecular formula is C13H14BrN3O2. The van der Waals surface area contributed by atoms with Gasteiger partial charge in [-0.05, 0) is 47.4 Å². The first-order valence-corrected chi connectivity index (χ1v) is 7.07. The highest BCUT2D eigenvalue weighted by atomic mass is 79.9. The fraction of sp³-hybridized carbons (Fsp3) is 0.385. The molecule has 3 rings (SSSR count). The molecule has 0 aromatic carbocycles. The Morgan fingerprint density at radius 3 is 3.11 bits per heavy atom. The number of fused-ring (bicyclic) bond motifs is 1. The van der Waals surface area contributed by atoms with Gasteiger partial charge in [-0.2, -0.15) is 0 Å². The summed E-state index contributed by atoms with van der Waals surface area (Å²) in [5, 5.41) is 12.4. The number of rotatable bonds is 2. The standard InChI is InChI=1S/C13H14BrN3O2/c14-11-10-6-8(13(18)19)3-5-17(10)12(16-11)9-2-1-4-15-7-9/h3,5-6,9,15H,1-2,4,7H2,(H,18,19). The van der Waals surface area contributed by atoms with Gasteiger partial charge in [0, 0.05) is 18.7 Å². The summed E-state index contributed by atoms with van der Waals surface area (Å²) in [6.45, 7) is 1.98. The first-order valence-electron chi connectivity index (χ1n) is 6.28. The summed E-state index contributed by atoms with van der Waals surface area (Å²) in [5.41, 5.74) is 1.09. The van der Waals surface area contributed by atoms with Gasteiger partial charge in [-0.15, -0.1) is 0 Å². The predicted molar refractivity (Wildman–Crippen MR) is 74.7 cm³/mol. The van der Waals surface area contributed by atoms with Crippen LogP contribution in [0.2, 0.25) is 0 Å². The molecule has 1 saturated heterocycles. The van der Waals surface area contributed by atoms with Gasteiger partial charge in [-0.25, -0.2) is 9.78 Å². The highest BCUT2D eigenvalue weighted by Gasteiger charge is 2.21. The Morgan fingerprint density at radius 2 is 2.42 bits per heavy atom. The summed E-state index contributed by atoms with van der Waals surface area (Å²) < 4.78 is 2.69. The number of carbonyl (C=O) groups is 1. The van der Waals surface area contributed by atoms with Crippen molar-refractivity contribution < 1.29 is 9.90 Å². The van der Waals surface area contributed by atoms with Crippen LogP contribution in [0.4, 0.5) is 0 Å². The van der Waals surface area contributed by atoms with Gasteiger partial charge in [0.2, 0.25) is 0 Å². The normalized spacial score (nSPS) is 19.7. The first-order chi connectivity index (χ1) is 9.16. The maximum absolute atomic E-state index is 11.0. The van der Waals surface area contributed by atoms with E-state index in [2.05, 4.69) is 26.2 Å². The number of carboxylic acids is 1. The minimum Gasteiger partial charge on any atom is -0.478 e. The molecule has 0 spiro atoms. The van der Waals surface area contributed by atoms with Crippen LogP contribution in [0.15, 0.2) is 22.9 Å². The van der Waals surface area contributed by atoms with E-state index in [0.717, 1.165) is 37.3 Å². The highest BCUT2D eigenvalue weighted by Crippen LogP contribution is 2.28. The molecule has 19 heavy (non-hydrogen) atoms. The summed E-state index contributed by atoms with van der Waals surface area (Å²) in [6.07, 6.45) is 4.05. The molecule has 1 aliphatic rings. The van der Waals surface area contributed by atoms with E-state index in [1.165, 1.54) is 0 Å². The van der Waals surface area contributed by atoms with Gasteiger partial charge >= 0.3 is 5.97 Å². The Balaban J connectivity index is 2.08. The molecule has 1 fully saturated rings. The zero-order valence-electron chi connectivity index (χ0n) is 10.3. The quantitative estimate of drug-likeness (QED) is 0.889. The third-order valence-corrected chi connectivity index (χ3v) is 4.12. The molecule has 2 aromatic heterocycles. The van der Waals surface area contributed by atoms with Crippen molar-refractivity contribution in [2.24, 2.45) is 0 Å². The number of nitrogens with one attached hydrogen (secondary N) is 1. The number of hydrogen-bond donors (Lipinski definition) is 2. The van der Waals surface area contributed by atoms with Crippen molar-refractivity contribution in [3.05, 3.63) is 34.3 Å². The van der Waals surface area contributed by atoms with E-state index in [1.54, 1.807) is 18.3 Å². The van der Waals surface area contributed by atoms with Crippen molar-refractivity contribution in [2.45, 2.75) is 18.8 Å². The second-order valence-electron chi connectivity index (χ2n) is 4.78. The molecule has 6 heteroatoms. The minimum absolute atomic E-state index is 0.279. The number of aromatic nitrogens is 2. The third kappa shape index (κ3) is 2.26. The van der Waals surface area contributed by atoms with Crippen molar-refractivity contribution >= 4 is 27.4 Å². The molecule has 0 aliphatic carbocycles. The van der Waals surface area contributed by atoms with Crippen LogP contribution < -0.4 is 5.32 Å². The number of imidazole rings is 1. The SMILES string of the molecule is O=C(O)c1ccn2c(C3CCCNC3)nc(Br)c2c1. The Hall–Kier alpha value is -1.40. The van der Waals surface area contributed by atoms with Gasteiger partial charge in [0.25, 0.3) is 0 Å². The van der Waals surface area contributed by atoms with Crippen LogP contribution in [0.5, 0.6) is 0 Å². The van der Waals surface area contributed by atoms with Crippen LogP contribution >= 0.6 is 15.9 Å². The van der Waals surface area contributed by atoms with E-state index >= 15 is 0 Å². The van der Waals surface area contributed by atoms with Gasteiger partial charge in [0.15, 0.2) is 0 Å². The molecule has 1 atom stereocenters. The molecule has 0 radical (unpaired) electrons. The van der Waals surface area contributed by atoms with Gasteiger partial charge in [0.05, 0.1) is 11.1 Å². The second kappa shape index (κ2) is 4.94. The number of piperidine rings is 1. The Kier molecular flexibility index (Phi) is 3.28. The molecule has 100 valence electrons. The largest absolute Gasteiger partial charge is 0.478 e. The van der Waals surface area contributed by atoms with Crippen molar-refractivity contribution in [1.29, 1.82) is 0 Å². The van der Waals surface area contributed by atoms with E-state index in [0.29, 0.717) is 10.5 Å². The molecular weight excluding hydrogens is 310 g/mol. The lowest BCUT2D eigenvalue weighted by Gasteiger charge is -2.21. The lowest BCUT2D eigenvalue weighted by atomic mass is 9.99. The van der Waals surface area contributed by atoms with Gasteiger partial charge in [-0.1, -0.05) is 0 Å². The first kappa shape index (κ1) is 12.6. The molecule has 1 aliphatic heterocycles. The lowest BCUT2D eigenvalue weighted by molar-refractivity contribution is 0.0697. The zero-order chi connectivity index (χ0) is 13.4. The molecule has 0 saturated carbocycles. The van der Waals surface area contributed by atoms with Crippen LogP contribution in [0.3, 0.4) is 0 Å². The summed E-state index contributed by atoms with van der Waals surface area (Å²) >= 11 is 3.42. The summed E-state index contributed by atoms with van der Waals surface area (Å²) in [6, 6.07) is 3.27. The molecule has 5 nitrogen and oxygen atoms in total. The number of aromatic carboxylic acids is 1. The average molecular weight is 324 g/mol.